The molecule has 0 amide bonds. The fourth-order valence-corrected chi connectivity index (χ4v) is 5.19. The quantitative estimate of drug-likeness (QED) is 0.278. The van der Waals surface area contributed by atoms with Gasteiger partial charge in [0.1, 0.15) is 5.82 Å². The van der Waals surface area contributed by atoms with Crippen molar-refractivity contribution in [3.63, 3.8) is 0 Å². The van der Waals surface area contributed by atoms with Crippen molar-refractivity contribution >= 4 is 21.6 Å². The number of para-hydroxylation sites is 1. The van der Waals surface area contributed by atoms with Crippen molar-refractivity contribution < 1.29 is 0 Å². The predicted molar refractivity (Wildman–Crippen MR) is 138 cm³/mol. The Balaban J connectivity index is 1.62. The number of aromatic nitrogens is 3. The zero-order chi connectivity index (χ0) is 22.2. The molecule has 0 bridgehead atoms. The summed E-state index contributed by atoms with van der Waals surface area (Å²) in [5, 5.41) is 1.08. The van der Waals surface area contributed by atoms with Crippen molar-refractivity contribution in [3.05, 3.63) is 114 Å². The molecule has 3 nitrogen and oxygen atoms in total. The second-order valence-corrected chi connectivity index (χ2v) is 9.20. The van der Waals surface area contributed by atoms with Gasteiger partial charge in [-0.05, 0) is 36.2 Å². The Morgan fingerprint density at radius 2 is 1.36 bits per heavy atom. The van der Waals surface area contributed by atoms with Crippen LogP contribution < -0.4 is 0 Å². The van der Waals surface area contributed by atoms with E-state index in [0.29, 0.717) is 0 Å². The van der Waals surface area contributed by atoms with Crippen LogP contribution in [0.3, 0.4) is 0 Å². The third-order valence-electron chi connectivity index (χ3n) is 5.84. The Kier molecular flexibility index (Phi) is 4.85. The second-order valence-electron chi connectivity index (χ2n) is 7.97. The van der Waals surface area contributed by atoms with E-state index in [1.165, 1.54) is 27.0 Å². The number of nitrogens with zero attached hydrogens (tertiary/aromatic N) is 3. The van der Waals surface area contributed by atoms with Gasteiger partial charge in [-0.3, -0.25) is 4.57 Å². The summed E-state index contributed by atoms with van der Waals surface area (Å²) in [6.45, 7) is 2.05. The third-order valence-corrected chi connectivity index (χ3v) is 6.79. The van der Waals surface area contributed by atoms with Gasteiger partial charge in [-0.1, -0.05) is 78.9 Å². The Morgan fingerprint density at radius 3 is 2.03 bits per heavy atom. The van der Waals surface area contributed by atoms with Crippen LogP contribution in [-0.4, -0.2) is 14.5 Å². The third kappa shape index (κ3) is 3.55. The molecule has 6 rings (SSSR count). The smallest absolute Gasteiger partial charge is 0.144 e. The van der Waals surface area contributed by atoms with Crippen LogP contribution in [0.5, 0.6) is 0 Å². The van der Waals surface area contributed by atoms with Crippen LogP contribution in [0.1, 0.15) is 5.01 Å². The van der Waals surface area contributed by atoms with Crippen LogP contribution in [0.4, 0.5) is 0 Å². The van der Waals surface area contributed by atoms with Gasteiger partial charge < -0.3 is 0 Å². The van der Waals surface area contributed by atoms with Gasteiger partial charge >= 0.3 is 0 Å². The first-order valence-corrected chi connectivity index (χ1v) is 11.7. The van der Waals surface area contributed by atoms with Crippen LogP contribution in [0.15, 0.2) is 109 Å². The van der Waals surface area contributed by atoms with Crippen LogP contribution in [-0.2, 0) is 0 Å². The minimum atomic E-state index is 0.906. The average Bonchev–Trinajstić information content (AvgIpc) is 3.50. The van der Waals surface area contributed by atoms with Gasteiger partial charge in [0, 0.05) is 29.1 Å². The van der Waals surface area contributed by atoms with E-state index in [1.54, 1.807) is 11.3 Å². The summed E-state index contributed by atoms with van der Waals surface area (Å²) in [5.41, 5.74) is 7.88. The summed E-state index contributed by atoms with van der Waals surface area (Å²) in [5.74, 6) is 0.906. The van der Waals surface area contributed by atoms with Crippen LogP contribution in [0.2, 0.25) is 0 Å². The molecule has 0 saturated heterocycles. The maximum atomic E-state index is 4.78. The van der Waals surface area contributed by atoms with E-state index in [4.69, 9.17) is 9.97 Å². The summed E-state index contributed by atoms with van der Waals surface area (Å²) < 4.78 is 3.41. The van der Waals surface area contributed by atoms with Crippen molar-refractivity contribution in [2.24, 2.45) is 0 Å². The molecule has 0 aliphatic heterocycles. The number of fused-ring (bicyclic) bond motifs is 1. The largest absolute Gasteiger partial charge is 0.299 e. The highest BCUT2D eigenvalue weighted by Crippen LogP contribution is 2.38. The first kappa shape index (κ1) is 19.6. The van der Waals surface area contributed by atoms with Gasteiger partial charge in [0.15, 0.2) is 0 Å². The number of aryl methyl sites for hydroxylation is 1. The molecular formula is C29H21N3S. The molecule has 0 fully saturated rings. The molecule has 6 aromatic rings. The zero-order valence-electron chi connectivity index (χ0n) is 18.1. The van der Waals surface area contributed by atoms with Gasteiger partial charge in [0.2, 0.25) is 0 Å². The fourth-order valence-electron chi connectivity index (χ4n) is 4.38. The van der Waals surface area contributed by atoms with Crippen molar-refractivity contribution in [3.8, 4) is 39.3 Å². The molecule has 0 aliphatic rings. The van der Waals surface area contributed by atoms with Gasteiger partial charge in [0.05, 0.1) is 20.9 Å². The highest BCUT2D eigenvalue weighted by atomic mass is 32.1. The zero-order valence-corrected chi connectivity index (χ0v) is 19.0. The summed E-state index contributed by atoms with van der Waals surface area (Å²) in [7, 11) is 0. The molecule has 0 radical (unpaired) electrons. The Labute approximate surface area is 196 Å². The Morgan fingerprint density at radius 1 is 0.697 bits per heavy atom. The lowest BCUT2D eigenvalue weighted by Gasteiger charge is -2.18. The highest BCUT2D eigenvalue weighted by molar-refractivity contribution is 7.18. The van der Waals surface area contributed by atoms with Crippen LogP contribution in [0.25, 0.3) is 49.5 Å². The fraction of sp³-hybridized carbons (Fsp3) is 0.0345. The van der Waals surface area contributed by atoms with Crippen LogP contribution >= 0.6 is 11.3 Å². The monoisotopic (exact) mass is 443 g/mol. The van der Waals surface area contributed by atoms with E-state index >= 15 is 0 Å². The molecule has 4 heteroatoms. The molecule has 2 aromatic heterocycles. The van der Waals surface area contributed by atoms with E-state index in [-0.39, 0.29) is 0 Å². The number of rotatable bonds is 4. The molecule has 4 aromatic carbocycles. The molecule has 0 saturated carbocycles. The topological polar surface area (TPSA) is 30.7 Å². The van der Waals surface area contributed by atoms with E-state index in [1.807, 2.05) is 13.1 Å². The highest BCUT2D eigenvalue weighted by Gasteiger charge is 2.18. The second kappa shape index (κ2) is 8.15. The summed E-state index contributed by atoms with van der Waals surface area (Å²) in [6, 6.07) is 34.0. The van der Waals surface area contributed by atoms with Gasteiger partial charge in [-0.25, -0.2) is 9.97 Å². The number of hydrogen-bond acceptors (Lipinski definition) is 3. The first-order chi connectivity index (χ1) is 16.3. The lowest BCUT2D eigenvalue weighted by molar-refractivity contribution is 1.07. The maximum Gasteiger partial charge on any atom is 0.144 e. The standard InChI is InChI=1S/C29H21N3S/c1-20-31-26-19-23(15-16-27(26)33-20)29-30-17-18-32(29)28-24(21-9-4-2-5-10-21)13-8-14-25(28)22-11-6-3-7-12-22/h2-19H,1H3. The van der Waals surface area contributed by atoms with Crippen molar-refractivity contribution in [1.82, 2.24) is 14.5 Å². The van der Waals surface area contributed by atoms with E-state index < -0.39 is 0 Å². The Hall–Kier alpha value is -4.02. The van der Waals surface area contributed by atoms with Gasteiger partial charge in [-0.2, -0.15) is 0 Å². The predicted octanol–water partition coefficient (Wildman–Crippen LogP) is 7.79. The molecule has 158 valence electrons. The molecule has 0 aliphatic carbocycles. The van der Waals surface area contributed by atoms with E-state index in [0.717, 1.165) is 27.6 Å². The van der Waals surface area contributed by atoms with Crippen LogP contribution in [0, 0.1) is 6.92 Å². The average molecular weight is 444 g/mol. The molecular weight excluding hydrogens is 422 g/mol. The lowest BCUT2D eigenvalue weighted by Crippen LogP contribution is -2.02. The molecule has 0 spiro atoms. The molecule has 33 heavy (non-hydrogen) atoms. The minimum Gasteiger partial charge on any atom is -0.299 e. The molecule has 2 heterocycles. The molecule has 0 N–H and O–H groups in total. The molecule has 0 unspecified atom stereocenters. The summed E-state index contributed by atoms with van der Waals surface area (Å²) in [6.07, 6.45) is 3.93. The maximum absolute atomic E-state index is 4.78. The van der Waals surface area contributed by atoms with E-state index in [2.05, 4.69) is 108 Å². The van der Waals surface area contributed by atoms with E-state index in [9.17, 15) is 0 Å². The van der Waals surface area contributed by atoms with Crippen molar-refractivity contribution in [2.45, 2.75) is 6.92 Å². The Bertz CT molecular complexity index is 1510. The number of thiazole rings is 1. The van der Waals surface area contributed by atoms with Crippen molar-refractivity contribution in [1.29, 1.82) is 0 Å². The normalized spacial score (nSPS) is 11.2. The minimum absolute atomic E-state index is 0.906. The SMILES string of the molecule is Cc1nc2cc(-c3nccn3-c3c(-c4ccccc4)cccc3-c3ccccc3)ccc2s1. The summed E-state index contributed by atoms with van der Waals surface area (Å²) in [4.78, 5) is 9.48. The van der Waals surface area contributed by atoms with Crippen molar-refractivity contribution in [2.75, 3.05) is 0 Å². The number of imidazole rings is 1. The molecule has 0 atom stereocenters. The van der Waals surface area contributed by atoms with Gasteiger partial charge in [-0.15, -0.1) is 11.3 Å². The summed E-state index contributed by atoms with van der Waals surface area (Å²) >= 11 is 1.72. The lowest BCUT2D eigenvalue weighted by atomic mass is 9.95. The number of benzene rings is 4. The van der Waals surface area contributed by atoms with Gasteiger partial charge in [0.25, 0.3) is 0 Å². The first-order valence-electron chi connectivity index (χ1n) is 10.9. The number of hydrogen-bond donors (Lipinski definition) is 0.